The molecule has 1 rings (SSSR count). The van der Waals surface area contributed by atoms with E-state index >= 15 is 0 Å². The third-order valence-corrected chi connectivity index (χ3v) is 1.54. The molecule has 0 spiro atoms. The van der Waals surface area contributed by atoms with Crippen molar-refractivity contribution < 1.29 is 0 Å². The lowest BCUT2D eigenvalue weighted by Crippen LogP contribution is -1.74. The Hall–Kier alpha value is -1.04. The predicted octanol–water partition coefficient (Wildman–Crippen LogP) is 4.03. The fourth-order valence-electron chi connectivity index (χ4n) is 0.874. The smallest absolute Gasteiger partial charge is 0.0347 e. The Labute approximate surface area is 76.0 Å². The molecule has 0 fully saturated rings. The molecule has 0 aromatic carbocycles. The summed E-state index contributed by atoms with van der Waals surface area (Å²) in [6.45, 7) is 6.72. The van der Waals surface area contributed by atoms with Crippen molar-refractivity contribution >= 4 is 0 Å². The van der Waals surface area contributed by atoms with Crippen LogP contribution in [0, 0.1) is 0 Å². The lowest BCUT2D eigenvalue weighted by atomic mass is 10.1. The van der Waals surface area contributed by atoms with Crippen LogP contribution >= 0.6 is 0 Å². The van der Waals surface area contributed by atoms with Gasteiger partial charge in [-0.05, 0) is 25.7 Å². The van der Waals surface area contributed by atoms with Crippen molar-refractivity contribution in [1.82, 2.24) is 0 Å². The van der Waals surface area contributed by atoms with E-state index in [1.807, 2.05) is 0 Å². The normalized spacial score (nSPS) is 15.0. The van der Waals surface area contributed by atoms with Crippen LogP contribution in [0.5, 0.6) is 0 Å². The SMILES string of the molecule is C1=CCCCCC=C1.C=CC=C. The van der Waals surface area contributed by atoms with Crippen LogP contribution in [0.2, 0.25) is 0 Å². The van der Waals surface area contributed by atoms with Gasteiger partial charge in [0.05, 0.1) is 0 Å². The summed E-state index contributed by atoms with van der Waals surface area (Å²) in [7, 11) is 0. The van der Waals surface area contributed by atoms with E-state index in [4.69, 9.17) is 0 Å². The van der Waals surface area contributed by atoms with Crippen LogP contribution in [-0.2, 0) is 0 Å². The van der Waals surface area contributed by atoms with E-state index in [1.54, 1.807) is 12.2 Å². The highest BCUT2D eigenvalue weighted by molar-refractivity contribution is 5.03. The van der Waals surface area contributed by atoms with Crippen molar-refractivity contribution in [3.05, 3.63) is 49.6 Å². The van der Waals surface area contributed by atoms with Crippen LogP contribution < -0.4 is 0 Å². The van der Waals surface area contributed by atoms with Gasteiger partial charge in [-0.2, -0.15) is 0 Å². The molecule has 0 radical (unpaired) electrons. The van der Waals surface area contributed by atoms with Crippen LogP contribution in [-0.4, -0.2) is 0 Å². The van der Waals surface area contributed by atoms with Gasteiger partial charge >= 0.3 is 0 Å². The molecule has 0 atom stereocenters. The third-order valence-electron chi connectivity index (χ3n) is 1.54. The van der Waals surface area contributed by atoms with Gasteiger partial charge in [0, 0.05) is 0 Å². The summed E-state index contributed by atoms with van der Waals surface area (Å²) in [5, 5.41) is 0. The van der Waals surface area contributed by atoms with Crippen molar-refractivity contribution in [2.75, 3.05) is 0 Å². The van der Waals surface area contributed by atoms with Crippen molar-refractivity contribution in [3.63, 3.8) is 0 Å². The first-order valence-corrected chi connectivity index (χ1v) is 4.47. The number of hydrogen-bond donors (Lipinski definition) is 0. The summed E-state index contributed by atoms with van der Waals surface area (Å²) in [5.41, 5.74) is 0. The number of rotatable bonds is 1. The van der Waals surface area contributed by atoms with E-state index < -0.39 is 0 Å². The van der Waals surface area contributed by atoms with E-state index in [1.165, 1.54) is 25.7 Å². The van der Waals surface area contributed by atoms with Crippen molar-refractivity contribution in [1.29, 1.82) is 0 Å². The molecule has 0 nitrogen and oxygen atoms in total. The molecule has 12 heavy (non-hydrogen) atoms. The maximum atomic E-state index is 3.36. The highest BCUT2D eigenvalue weighted by Crippen LogP contribution is 2.04. The lowest BCUT2D eigenvalue weighted by molar-refractivity contribution is 0.758. The van der Waals surface area contributed by atoms with E-state index in [0.717, 1.165) is 0 Å². The zero-order valence-electron chi connectivity index (χ0n) is 7.71. The fourth-order valence-corrected chi connectivity index (χ4v) is 0.874. The minimum atomic E-state index is 1.27. The average Bonchev–Trinajstić information content (AvgIpc) is 2.04. The second kappa shape index (κ2) is 9.96. The zero-order valence-corrected chi connectivity index (χ0v) is 7.71. The summed E-state index contributed by atoms with van der Waals surface area (Å²) in [6.07, 6.45) is 17.3. The molecule has 1 aliphatic carbocycles. The molecule has 0 aromatic rings. The molecule has 66 valence electrons. The Bertz CT molecular complexity index is 141. The third kappa shape index (κ3) is 8.96. The number of allylic oxidation sites excluding steroid dienone is 6. The molecule has 0 saturated carbocycles. The van der Waals surface area contributed by atoms with Gasteiger partial charge in [0.2, 0.25) is 0 Å². The van der Waals surface area contributed by atoms with E-state index in [-0.39, 0.29) is 0 Å². The van der Waals surface area contributed by atoms with Gasteiger partial charge in [-0.15, -0.1) is 0 Å². The maximum Gasteiger partial charge on any atom is -0.0347 e. The molecular formula is C12H18. The molecule has 0 saturated heterocycles. The minimum absolute atomic E-state index is 1.27. The average molecular weight is 162 g/mol. The second-order valence-electron chi connectivity index (χ2n) is 2.61. The van der Waals surface area contributed by atoms with Crippen LogP contribution in [0.3, 0.4) is 0 Å². The first-order chi connectivity index (χ1) is 5.91. The Kier molecular flexibility index (Phi) is 9.10. The van der Waals surface area contributed by atoms with E-state index in [2.05, 4.69) is 37.5 Å². The van der Waals surface area contributed by atoms with Crippen LogP contribution in [0.15, 0.2) is 49.6 Å². The Morgan fingerprint density at radius 3 is 1.58 bits per heavy atom. The molecule has 0 aliphatic heterocycles. The fraction of sp³-hybridized carbons (Fsp3) is 0.333. The summed E-state index contributed by atoms with van der Waals surface area (Å²) in [4.78, 5) is 0. The van der Waals surface area contributed by atoms with Crippen LogP contribution in [0.1, 0.15) is 25.7 Å². The quantitative estimate of drug-likeness (QED) is 0.511. The van der Waals surface area contributed by atoms with E-state index in [0.29, 0.717) is 0 Å². The van der Waals surface area contributed by atoms with Gasteiger partial charge in [-0.1, -0.05) is 49.6 Å². The molecule has 0 unspecified atom stereocenters. The summed E-state index contributed by atoms with van der Waals surface area (Å²) < 4.78 is 0. The zero-order chi connectivity index (χ0) is 9.07. The second-order valence-corrected chi connectivity index (χ2v) is 2.61. The first kappa shape index (κ1) is 11.0. The summed E-state index contributed by atoms with van der Waals surface area (Å²) in [5.74, 6) is 0. The maximum absolute atomic E-state index is 3.36. The Morgan fingerprint density at radius 2 is 1.25 bits per heavy atom. The molecule has 0 amide bonds. The van der Waals surface area contributed by atoms with Crippen molar-refractivity contribution in [2.45, 2.75) is 25.7 Å². The monoisotopic (exact) mass is 162 g/mol. The van der Waals surface area contributed by atoms with Gasteiger partial charge in [-0.25, -0.2) is 0 Å². The molecule has 0 bridgehead atoms. The molecule has 0 heterocycles. The lowest BCUT2D eigenvalue weighted by Gasteiger charge is -1.94. The van der Waals surface area contributed by atoms with Crippen molar-refractivity contribution in [3.8, 4) is 0 Å². The van der Waals surface area contributed by atoms with Gasteiger partial charge in [-0.3, -0.25) is 0 Å². The van der Waals surface area contributed by atoms with E-state index in [9.17, 15) is 0 Å². The van der Waals surface area contributed by atoms with Crippen LogP contribution in [0.25, 0.3) is 0 Å². The van der Waals surface area contributed by atoms with Gasteiger partial charge in [0.1, 0.15) is 0 Å². The highest BCUT2D eigenvalue weighted by atomic mass is 13.9. The van der Waals surface area contributed by atoms with Crippen molar-refractivity contribution in [2.24, 2.45) is 0 Å². The number of hydrogen-bond acceptors (Lipinski definition) is 0. The molecule has 0 aromatic heterocycles. The standard InChI is InChI=1S/C8H12.C4H6/c1-2-4-6-8-7-5-3-1;1-3-4-2/h1-4H,5-8H2;3-4H,1-2H2. The molecule has 0 N–H and O–H groups in total. The first-order valence-electron chi connectivity index (χ1n) is 4.47. The highest BCUT2D eigenvalue weighted by Gasteiger charge is 1.84. The largest absolute Gasteiger partial charge is 0.0991 e. The topological polar surface area (TPSA) is 0 Å². The summed E-state index contributed by atoms with van der Waals surface area (Å²) >= 11 is 0. The minimum Gasteiger partial charge on any atom is -0.0991 e. The van der Waals surface area contributed by atoms with Gasteiger partial charge < -0.3 is 0 Å². The van der Waals surface area contributed by atoms with Gasteiger partial charge in [0.15, 0.2) is 0 Å². The predicted molar refractivity (Wildman–Crippen MR) is 57.1 cm³/mol. The summed E-state index contributed by atoms with van der Waals surface area (Å²) in [6, 6.07) is 0. The molecular weight excluding hydrogens is 144 g/mol. The molecule has 1 aliphatic rings. The Balaban J connectivity index is 0.000000261. The van der Waals surface area contributed by atoms with Crippen LogP contribution in [0.4, 0.5) is 0 Å². The molecule has 0 heteroatoms. The van der Waals surface area contributed by atoms with Gasteiger partial charge in [0.25, 0.3) is 0 Å². The Morgan fingerprint density at radius 1 is 0.833 bits per heavy atom.